The van der Waals surface area contributed by atoms with Gasteiger partial charge in [-0.2, -0.15) is 0 Å². The van der Waals surface area contributed by atoms with E-state index in [9.17, 15) is 14.3 Å². The van der Waals surface area contributed by atoms with E-state index >= 15 is 0 Å². The normalized spacial score (nSPS) is 13.5. The molecule has 0 saturated carbocycles. The minimum Gasteiger partial charge on any atom is -0.481 e. The quantitative estimate of drug-likeness (QED) is 0.896. The Morgan fingerprint density at radius 2 is 2.06 bits per heavy atom. The summed E-state index contributed by atoms with van der Waals surface area (Å²) in [6.07, 6.45) is 0.232. The smallest absolute Gasteiger partial charge is 0.307 e. The monoisotopic (exact) mass is 258 g/mol. The van der Waals surface area contributed by atoms with Crippen LogP contribution in [0.25, 0.3) is 0 Å². The third kappa shape index (κ3) is 3.43. The Labute approximate surface area is 105 Å². The standard InChI is InChI=1S/C13H16ClFO2/c1-13(2,3)9(12(16)17)7-8-5-4-6-10(15)11(8)14/h4-6,9H,7H2,1-3H3,(H,16,17). The molecule has 1 aromatic rings. The third-order valence-electron chi connectivity index (χ3n) is 2.80. The Hall–Kier alpha value is -1.09. The Morgan fingerprint density at radius 3 is 2.53 bits per heavy atom. The SMILES string of the molecule is CC(C)(C)C(Cc1cccc(F)c1Cl)C(=O)O. The van der Waals surface area contributed by atoms with Crippen molar-refractivity contribution >= 4 is 17.6 Å². The third-order valence-corrected chi connectivity index (χ3v) is 3.22. The topological polar surface area (TPSA) is 37.3 Å². The molecule has 0 saturated heterocycles. The summed E-state index contributed by atoms with van der Waals surface area (Å²) in [5.74, 6) is -2.00. The molecule has 0 bridgehead atoms. The van der Waals surface area contributed by atoms with Gasteiger partial charge in [0.1, 0.15) is 5.82 Å². The van der Waals surface area contributed by atoms with Gasteiger partial charge in [0, 0.05) is 0 Å². The van der Waals surface area contributed by atoms with Gasteiger partial charge in [-0.15, -0.1) is 0 Å². The van der Waals surface area contributed by atoms with Crippen LogP contribution >= 0.6 is 11.6 Å². The highest BCUT2D eigenvalue weighted by molar-refractivity contribution is 6.31. The first-order valence-electron chi connectivity index (χ1n) is 5.39. The fourth-order valence-corrected chi connectivity index (χ4v) is 1.89. The van der Waals surface area contributed by atoms with E-state index in [1.165, 1.54) is 12.1 Å². The van der Waals surface area contributed by atoms with Gasteiger partial charge in [0.25, 0.3) is 0 Å². The highest BCUT2D eigenvalue weighted by Gasteiger charge is 2.31. The number of carboxylic acids is 1. The van der Waals surface area contributed by atoms with E-state index in [-0.39, 0.29) is 11.4 Å². The molecule has 1 unspecified atom stereocenters. The molecular formula is C13H16ClFO2. The van der Waals surface area contributed by atoms with Gasteiger partial charge in [-0.1, -0.05) is 44.5 Å². The van der Waals surface area contributed by atoms with Crippen LogP contribution in [0.3, 0.4) is 0 Å². The van der Waals surface area contributed by atoms with Crippen molar-refractivity contribution in [1.82, 2.24) is 0 Å². The number of benzene rings is 1. The van der Waals surface area contributed by atoms with E-state index < -0.39 is 23.1 Å². The molecule has 0 aliphatic carbocycles. The zero-order valence-electron chi connectivity index (χ0n) is 10.1. The Morgan fingerprint density at radius 1 is 1.47 bits per heavy atom. The molecule has 0 fully saturated rings. The van der Waals surface area contributed by atoms with E-state index in [0.717, 1.165) is 0 Å². The maximum absolute atomic E-state index is 13.2. The number of carbonyl (C=O) groups is 1. The van der Waals surface area contributed by atoms with Crippen LogP contribution in [-0.4, -0.2) is 11.1 Å². The zero-order chi connectivity index (χ0) is 13.2. The van der Waals surface area contributed by atoms with Crippen molar-refractivity contribution in [3.8, 4) is 0 Å². The zero-order valence-corrected chi connectivity index (χ0v) is 10.9. The summed E-state index contributed by atoms with van der Waals surface area (Å²) >= 11 is 5.82. The minimum atomic E-state index is -0.891. The molecule has 1 atom stereocenters. The first kappa shape index (κ1) is 14.0. The van der Waals surface area contributed by atoms with E-state index in [1.807, 2.05) is 20.8 Å². The van der Waals surface area contributed by atoms with Crippen molar-refractivity contribution in [1.29, 1.82) is 0 Å². The van der Waals surface area contributed by atoms with Gasteiger partial charge in [-0.05, 0) is 23.5 Å². The van der Waals surface area contributed by atoms with Crippen LogP contribution in [0.15, 0.2) is 18.2 Å². The summed E-state index contributed by atoms with van der Waals surface area (Å²) in [5.41, 5.74) is 0.135. The number of rotatable bonds is 3. The molecule has 0 heterocycles. The average Bonchev–Trinajstić information content (AvgIpc) is 2.17. The summed E-state index contributed by atoms with van der Waals surface area (Å²) in [6.45, 7) is 5.54. The fourth-order valence-electron chi connectivity index (χ4n) is 1.69. The highest BCUT2D eigenvalue weighted by Crippen LogP contribution is 2.32. The second-order valence-electron chi connectivity index (χ2n) is 5.17. The Bertz CT molecular complexity index is 424. The van der Waals surface area contributed by atoms with Gasteiger partial charge in [0.2, 0.25) is 0 Å². The van der Waals surface area contributed by atoms with Gasteiger partial charge >= 0.3 is 5.97 Å². The molecule has 1 aromatic carbocycles. The van der Waals surface area contributed by atoms with Gasteiger partial charge in [0.15, 0.2) is 0 Å². The molecule has 0 spiro atoms. The highest BCUT2D eigenvalue weighted by atomic mass is 35.5. The Kier molecular flexibility index (Phi) is 4.15. The number of halogens is 2. The molecule has 4 heteroatoms. The van der Waals surface area contributed by atoms with Crippen LogP contribution in [0.2, 0.25) is 5.02 Å². The van der Waals surface area contributed by atoms with Gasteiger partial charge in [-0.25, -0.2) is 4.39 Å². The number of carboxylic acid groups (broad SMARTS) is 1. The van der Waals surface area contributed by atoms with Crippen molar-refractivity contribution in [3.05, 3.63) is 34.6 Å². The molecule has 1 N–H and O–H groups in total. The summed E-state index contributed by atoms with van der Waals surface area (Å²) in [7, 11) is 0. The second kappa shape index (κ2) is 5.05. The molecule has 0 aliphatic rings. The lowest BCUT2D eigenvalue weighted by molar-refractivity contribution is -0.145. The molecule has 0 aromatic heterocycles. The lowest BCUT2D eigenvalue weighted by Gasteiger charge is -2.27. The first-order chi connectivity index (χ1) is 7.73. The summed E-state index contributed by atoms with van der Waals surface area (Å²) in [6, 6.07) is 4.46. The number of hydrogen-bond donors (Lipinski definition) is 1. The van der Waals surface area contributed by atoms with Crippen molar-refractivity contribution in [2.75, 3.05) is 0 Å². The lowest BCUT2D eigenvalue weighted by atomic mass is 9.77. The predicted molar refractivity (Wildman–Crippen MR) is 65.7 cm³/mol. The maximum atomic E-state index is 13.2. The molecule has 17 heavy (non-hydrogen) atoms. The summed E-state index contributed by atoms with van der Waals surface area (Å²) in [5, 5.41) is 9.21. The van der Waals surface area contributed by atoms with Crippen LogP contribution in [0.4, 0.5) is 4.39 Å². The molecular weight excluding hydrogens is 243 g/mol. The van der Waals surface area contributed by atoms with Gasteiger partial charge < -0.3 is 5.11 Å². The second-order valence-corrected chi connectivity index (χ2v) is 5.55. The van der Waals surface area contributed by atoms with Crippen LogP contribution in [0.1, 0.15) is 26.3 Å². The first-order valence-corrected chi connectivity index (χ1v) is 5.77. The fraction of sp³-hybridized carbons (Fsp3) is 0.462. The van der Waals surface area contributed by atoms with Gasteiger partial charge in [-0.3, -0.25) is 4.79 Å². The average molecular weight is 259 g/mol. The van der Waals surface area contributed by atoms with E-state index in [2.05, 4.69) is 0 Å². The number of hydrogen-bond acceptors (Lipinski definition) is 1. The van der Waals surface area contributed by atoms with Crippen LogP contribution in [-0.2, 0) is 11.2 Å². The van der Waals surface area contributed by atoms with Crippen molar-refractivity contribution in [2.45, 2.75) is 27.2 Å². The number of aliphatic carboxylic acids is 1. The maximum Gasteiger partial charge on any atom is 0.307 e. The molecule has 2 nitrogen and oxygen atoms in total. The van der Waals surface area contributed by atoms with Crippen LogP contribution < -0.4 is 0 Å². The molecule has 1 rings (SSSR count). The van der Waals surface area contributed by atoms with Gasteiger partial charge in [0.05, 0.1) is 10.9 Å². The van der Waals surface area contributed by atoms with Crippen molar-refractivity contribution < 1.29 is 14.3 Å². The minimum absolute atomic E-state index is 0.0167. The summed E-state index contributed by atoms with van der Waals surface area (Å²) in [4.78, 5) is 11.2. The predicted octanol–water partition coefficient (Wildman–Crippen LogP) is 3.77. The van der Waals surface area contributed by atoms with E-state index in [0.29, 0.717) is 5.56 Å². The van der Waals surface area contributed by atoms with Crippen LogP contribution in [0.5, 0.6) is 0 Å². The summed E-state index contributed by atoms with van der Waals surface area (Å²) < 4.78 is 13.2. The lowest BCUT2D eigenvalue weighted by Crippen LogP contribution is -2.30. The van der Waals surface area contributed by atoms with E-state index in [4.69, 9.17) is 11.6 Å². The molecule has 0 aliphatic heterocycles. The van der Waals surface area contributed by atoms with Crippen molar-refractivity contribution in [2.24, 2.45) is 11.3 Å². The molecule has 94 valence electrons. The molecule has 0 radical (unpaired) electrons. The van der Waals surface area contributed by atoms with Crippen LogP contribution in [0, 0.1) is 17.2 Å². The van der Waals surface area contributed by atoms with E-state index in [1.54, 1.807) is 6.07 Å². The van der Waals surface area contributed by atoms with Crippen molar-refractivity contribution in [3.63, 3.8) is 0 Å². The molecule has 0 amide bonds. The Balaban J connectivity index is 3.03. The largest absolute Gasteiger partial charge is 0.481 e.